The van der Waals surface area contributed by atoms with E-state index < -0.39 is 0 Å². The Hall–Kier alpha value is -3.13. The van der Waals surface area contributed by atoms with E-state index in [9.17, 15) is 5.21 Å². The van der Waals surface area contributed by atoms with Gasteiger partial charge >= 0.3 is 0 Å². The van der Waals surface area contributed by atoms with Crippen molar-refractivity contribution >= 4 is 12.4 Å². The minimum absolute atomic E-state index is 0.761. The average molecular weight is 469 g/mol. The number of nitrogens with one attached hydrogen (secondary N) is 1. The van der Waals surface area contributed by atoms with Crippen LogP contribution < -0.4 is 10.1 Å². The van der Waals surface area contributed by atoms with Crippen LogP contribution in [0.4, 0.5) is 5.69 Å². The number of aliphatic imine (C=N–C) groups is 1. The quantitative estimate of drug-likeness (QED) is 0.264. The van der Waals surface area contributed by atoms with E-state index in [2.05, 4.69) is 21.9 Å². The van der Waals surface area contributed by atoms with E-state index >= 15 is 0 Å². The van der Waals surface area contributed by atoms with Gasteiger partial charge in [-0.15, -0.1) is 0 Å². The molecule has 2 rings (SSSR count). The summed E-state index contributed by atoms with van der Waals surface area (Å²) in [6.07, 6.45) is 13.2. The number of nitrogens with zero attached hydrogens (tertiary/aromatic N) is 3. The summed E-state index contributed by atoms with van der Waals surface area (Å²) in [5.74, 6) is 0.808. The van der Waals surface area contributed by atoms with Crippen molar-refractivity contribution in [3.63, 3.8) is 0 Å². The van der Waals surface area contributed by atoms with Gasteiger partial charge in [0, 0.05) is 42.9 Å². The minimum atomic E-state index is 0.761. The first-order chi connectivity index (χ1) is 16.4. The smallest absolute Gasteiger partial charge is 0.119 e. The third kappa shape index (κ3) is 12.8. The summed E-state index contributed by atoms with van der Waals surface area (Å²) in [5, 5.41) is 14.6. The summed E-state index contributed by atoms with van der Waals surface area (Å²) >= 11 is 0. The highest BCUT2D eigenvalue weighted by Gasteiger charge is 2.11. The SMILES string of the molecule is C/C=C\C(=C/N(O)/C=C(\C)Nc1ccc(OC)cc1)CN1CCOCC1.C=N/C(C)=C/C=C/C. The normalized spacial score (nSPS) is 15.8. The van der Waals surface area contributed by atoms with Crippen molar-refractivity contribution in [3.8, 4) is 5.75 Å². The Labute approximate surface area is 205 Å². The summed E-state index contributed by atoms with van der Waals surface area (Å²) in [6.45, 7) is 15.2. The maximum absolute atomic E-state index is 10.2. The second-order valence-corrected chi connectivity index (χ2v) is 7.63. The Kier molecular flexibility index (Phi) is 14.8. The van der Waals surface area contributed by atoms with E-state index in [0.29, 0.717) is 0 Å². The number of hydrogen-bond donors (Lipinski definition) is 2. The molecule has 1 aliphatic heterocycles. The van der Waals surface area contributed by atoms with Gasteiger partial charge < -0.3 is 14.8 Å². The van der Waals surface area contributed by atoms with Crippen LogP contribution in [0.5, 0.6) is 5.75 Å². The third-order valence-corrected chi connectivity index (χ3v) is 4.73. The molecule has 1 aromatic carbocycles. The molecular weight excluding hydrogens is 428 g/mol. The van der Waals surface area contributed by atoms with Gasteiger partial charge in [0.2, 0.25) is 0 Å². The fourth-order valence-corrected chi connectivity index (χ4v) is 3.00. The van der Waals surface area contributed by atoms with E-state index in [0.717, 1.165) is 66.3 Å². The van der Waals surface area contributed by atoms with Crippen molar-refractivity contribution in [1.82, 2.24) is 9.96 Å². The van der Waals surface area contributed by atoms with Crippen LogP contribution in [-0.2, 0) is 4.74 Å². The third-order valence-electron chi connectivity index (χ3n) is 4.73. The van der Waals surface area contributed by atoms with E-state index in [1.54, 1.807) is 19.5 Å². The average Bonchev–Trinajstić information content (AvgIpc) is 2.84. The van der Waals surface area contributed by atoms with Gasteiger partial charge in [-0.1, -0.05) is 24.3 Å². The molecule has 1 saturated heterocycles. The molecule has 0 radical (unpaired) electrons. The highest BCUT2D eigenvalue weighted by Crippen LogP contribution is 2.16. The van der Waals surface area contributed by atoms with E-state index in [1.807, 2.05) is 82.3 Å². The van der Waals surface area contributed by atoms with Crippen molar-refractivity contribution < 1.29 is 14.7 Å². The zero-order valence-corrected chi connectivity index (χ0v) is 21.2. The lowest BCUT2D eigenvalue weighted by Gasteiger charge is -2.27. The monoisotopic (exact) mass is 468 g/mol. The molecule has 0 aromatic heterocycles. The van der Waals surface area contributed by atoms with Crippen molar-refractivity contribution in [3.05, 3.63) is 84.0 Å². The number of hydrogen-bond acceptors (Lipinski definition) is 7. The van der Waals surface area contributed by atoms with Gasteiger partial charge in [-0.2, -0.15) is 0 Å². The van der Waals surface area contributed by atoms with Crippen LogP contribution in [-0.4, -0.2) is 61.8 Å². The lowest BCUT2D eigenvalue weighted by Crippen LogP contribution is -2.37. The van der Waals surface area contributed by atoms with E-state index in [4.69, 9.17) is 9.47 Å². The molecule has 186 valence electrons. The van der Waals surface area contributed by atoms with Gasteiger partial charge in [0.25, 0.3) is 0 Å². The van der Waals surface area contributed by atoms with Crippen molar-refractivity contribution in [1.29, 1.82) is 0 Å². The van der Waals surface area contributed by atoms with E-state index in [1.165, 1.54) is 0 Å². The van der Waals surface area contributed by atoms with Crippen molar-refractivity contribution in [2.24, 2.45) is 4.99 Å². The second-order valence-electron chi connectivity index (χ2n) is 7.63. The molecular formula is C27H40N4O3. The fourth-order valence-electron chi connectivity index (χ4n) is 3.00. The number of anilines is 1. The Bertz CT molecular complexity index is 864. The van der Waals surface area contributed by atoms with Crippen LogP contribution in [0.25, 0.3) is 0 Å². The summed E-state index contributed by atoms with van der Waals surface area (Å²) in [7, 11) is 1.64. The standard InChI is InChI=1S/C20H29N3O3.C7H11N/c1-4-5-18(15-22-10-12-26-13-11-22)16-23(24)14-17(2)21-19-6-8-20(25-3)9-7-19;1-4-5-6-7(2)8-3/h4-9,14,16,21,24H,10-13,15H2,1-3H3;4-6H,3H2,1-2H3/b5-4-,17-14+,18-16+;5-4+,7-6+. The zero-order chi connectivity index (χ0) is 25.2. The molecule has 1 heterocycles. The number of benzene rings is 1. The summed E-state index contributed by atoms with van der Waals surface area (Å²) in [5.41, 5.74) is 3.73. The summed E-state index contributed by atoms with van der Waals surface area (Å²) in [4.78, 5) is 6.00. The molecule has 0 atom stereocenters. The Morgan fingerprint density at radius 2 is 1.85 bits per heavy atom. The largest absolute Gasteiger partial charge is 0.497 e. The predicted molar refractivity (Wildman–Crippen MR) is 142 cm³/mol. The molecule has 1 aromatic rings. The predicted octanol–water partition coefficient (Wildman–Crippen LogP) is 5.62. The number of methoxy groups -OCH3 is 1. The maximum Gasteiger partial charge on any atom is 0.119 e. The molecule has 7 heteroatoms. The summed E-state index contributed by atoms with van der Waals surface area (Å²) in [6, 6.07) is 7.63. The number of morpholine rings is 1. The van der Waals surface area contributed by atoms with Crippen LogP contribution in [0.15, 0.2) is 89.0 Å². The molecule has 0 bridgehead atoms. The first kappa shape index (κ1) is 28.9. The molecule has 2 N–H and O–H groups in total. The number of hydroxylamine groups is 2. The first-order valence-electron chi connectivity index (χ1n) is 11.4. The van der Waals surface area contributed by atoms with Crippen molar-refractivity contribution in [2.45, 2.75) is 27.7 Å². The topological polar surface area (TPSA) is 69.6 Å². The lowest BCUT2D eigenvalue weighted by atomic mass is 10.2. The van der Waals surface area contributed by atoms with Gasteiger partial charge in [0.1, 0.15) is 5.75 Å². The molecule has 0 aliphatic carbocycles. The number of rotatable bonds is 10. The van der Waals surface area contributed by atoms with Gasteiger partial charge in [-0.05, 0) is 70.3 Å². The van der Waals surface area contributed by atoms with Gasteiger partial charge in [0.15, 0.2) is 0 Å². The summed E-state index contributed by atoms with van der Waals surface area (Å²) < 4.78 is 10.5. The Balaban J connectivity index is 0.000000620. The number of ether oxygens (including phenoxy) is 2. The molecule has 7 nitrogen and oxygen atoms in total. The molecule has 1 aliphatic rings. The zero-order valence-electron chi connectivity index (χ0n) is 21.2. The first-order valence-corrected chi connectivity index (χ1v) is 11.4. The molecule has 0 amide bonds. The van der Waals surface area contributed by atoms with Gasteiger partial charge in [-0.25, -0.2) is 5.06 Å². The molecule has 1 fully saturated rings. The molecule has 0 spiro atoms. The van der Waals surface area contributed by atoms with Gasteiger partial charge in [-0.3, -0.25) is 15.1 Å². The van der Waals surface area contributed by atoms with Gasteiger partial charge in [0.05, 0.1) is 26.5 Å². The van der Waals surface area contributed by atoms with Crippen LogP contribution in [0.3, 0.4) is 0 Å². The highest BCUT2D eigenvalue weighted by atomic mass is 16.5. The minimum Gasteiger partial charge on any atom is -0.497 e. The van der Waals surface area contributed by atoms with Crippen LogP contribution in [0.2, 0.25) is 0 Å². The second kappa shape index (κ2) is 17.4. The van der Waals surface area contributed by atoms with Crippen LogP contribution in [0, 0.1) is 0 Å². The molecule has 0 unspecified atom stereocenters. The van der Waals surface area contributed by atoms with Crippen LogP contribution >= 0.6 is 0 Å². The number of allylic oxidation sites excluding steroid dienone is 6. The Morgan fingerprint density at radius 1 is 1.18 bits per heavy atom. The maximum atomic E-state index is 10.2. The highest BCUT2D eigenvalue weighted by molar-refractivity contribution is 5.50. The molecule has 34 heavy (non-hydrogen) atoms. The van der Waals surface area contributed by atoms with Crippen molar-refractivity contribution in [2.75, 3.05) is 45.3 Å². The lowest BCUT2D eigenvalue weighted by molar-refractivity contribution is 0.00859. The Morgan fingerprint density at radius 3 is 2.41 bits per heavy atom. The van der Waals surface area contributed by atoms with Crippen LogP contribution in [0.1, 0.15) is 27.7 Å². The fraction of sp³-hybridized carbons (Fsp3) is 0.370. The molecule has 0 saturated carbocycles. The van der Waals surface area contributed by atoms with E-state index in [-0.39, 0.29) is 0 Å².